The van der Waals surface area contributed by atoms with Crippen molar-refractivity contribution in [2.24, 2.45) is 0 Å². The first-order valence-electron chi connectivity index (χ1n) is 6.95. The Morgan fingerprint density at radius 1 is 1.18 bits per heavy atom. The molecule has 0 saturated carbocycles. The van der Waals surface area contributed by atoms with Crippen molar-refractivity contribution >= 4 is 11.8 Å². The lowest BCUT2D eigenvalue weighted by Crippen LogP contribution is -2.44. The molecular formula is C16H17FN2O3. The molecule has 0 saturated heterocycles. The number of rotatable bonds is 5. The van der Waals surface area contributed by atoms with Gasteiger partial charge in [-0.05, 0) is 50.2 Å². The SMILES string of the molecule is CCNC(=O)[C@@H](C)NC(=O)c1ccc(-c2ccc(F)cc2)o1. The van der Waals surface area contributed by atoms with Crippen molar-refractivity contribution in [3.05, 3.63) is 48.0 Å². The van der Waals surface area contributed by atoms with E-state index in [2.05, 4.69) is 10.6 Å². The number of carbonyl (C=O) groups excluding carboxylic acids is 2. The van der Waals surface area contributed by atoms with Gasteiger partial charge in [0.25, 0.3) is 5.91 Å². The first-order valence-corrected chi connectivity index (χ1v) is 6.95. The summed E-state index contributed by atoms with van der Waals surface area (Å²) >= 11 is 0. The van der Waals surface area contributed by atoms with Gasteiger partial charge in [-0.15, -0.1) is 0 Å². The summed E-state index contributed by atoms with van der Waals surface area (Å²) < 4.78 is 18.3. The number of likely N-dealkylation sites (N-methyl/N-ethyl adjacent to an activating group) is 1. The zero-order valence-corrected chi connectivity index (χ0v) is 12.4. The Morgan fingerprint density at radius 2 is 1.86 bits per heavy atom. The second-order valence-electron chi connectivity index (χ2n) is 4.76. The Bertz CT molecular complexity index is 664. The van der Waals surface area contributed by atoms with E-state index in [1.807, 2.05) is 0 Å². The molecule has 0 aliphatic rings. The van der Waals surface area contributed by atoms with Gasteiger partial charge in [-0.2, -0.15) is 0 Å². The Hall–Kier alpha value is -2.63. The predicted octanol–water partition coefficient (Wildman–Crippen LogP) is 2.34. The molecule has 116 valence electrons. The van der Waals surface area contributed by atoms with E-state index in [0.29, 0.717) is 17.9 Å². The Labute approximate surface area is 127 Å². The Kier molecular flexibility index (Phi) is 4.93. The summed E-state index contributed by atoms with van der Waals surface area (Å²) in [5.41, 5.74) is 0.664. The molecule has 0 bridgehead atoms. The van der Waals surface area contributed by atoms with E-state index in [1.165, 1.54) is 18.2 Å². The summed E-state index contributed by atoms with van der Waals surface area (Å²) in [5, 5.41) is 5.17. The summed E-state index contributed by atoms with van der Waals surface area (Å²) in [6.45, 7) is 3.88. The van der Waals surface area contributed by atoms with Gasteiger partial charge < -0.3 is 15.1 Å². The van der Waals surface area contributed by atoms with Gasteiger partial charge in [-0.25, -0.2) is 4.39 Å². The topological polar surface area (TPSA) is 71.3 Å². The molecule has 6 heteroatoms. The fourth-order valence-corrected chi connectivity index (χ4v) is 1.89. The standard InChI is InChI=1S/C16H17FN2O3/c1-3-18-15(20)10(2)19-16(21)14-9-8-13(22-14)11-4-6-12(17)7-5-11/h4-10H,3H2,1-2H3,(H,18,20)(H,19,21)/t10-/m1/s1. The molecule has 2 amide bonds. The van der Waals surface area contributed by atoms with Crippen molar-refractivity contribution in [3.8, 4) is 11.3 Å². The number of hydrogen-bond acceptors (Lipinski definition) is 3. The smallest absolute Gasteiger partial charge is 0.287 e. The minimum Gasteiger partial charge on any atom is -0.451 e. The fourth-order valence-electron chi connectivity index (χ4n) is 1.89. The van der Waals surface area contributed by atoms with Gasteiger partial charge in [0.2, 0.25) is 5.91 Å². The maximum absolute atomic E-state index is 12.9. The van der Waals surface area contributed by atoms with Crippen LogP contribution in [0.4, 0.5) is 4.39 Å². The van der Waals surface area contributed by atoms with Crippen LogP contribution in [0.15, 0.2) is 40.8 Å². The summed E-state index contributed by atoms with van der Waals surface area (Å²) in [4.78, 5) is 23.6. The third kappa shape index (κ3) is 3.72. The van der Waals surface area contributed by atoms with Crippen molar-refractivity contribution in [1.29, 1.82) is 0 Å². The molecule has 1 aromatic carbocycles. The lowest BCUT2D eigenvalue weighted by Gasteiger charge is -2.12. The largest absolute Gasteiger partial charge is 0.451 e. The van der Waals surface area contributed by atoms with Crippen molar-refractivity contribution in [2.75, 3.05) is 6.54 Å². The predicted molar refractivity (Wildman–Crippen MR) is 79.7 cm³/mol. The van der Waals surface area contributed by atoms with E-state index < -0.39 is 11.9 Å². The molecular weight excluding hydrogens is 287 g/mol. The Balaban J connectivity index is 2.06. The van der Waals surface area contributed by atoms with Crippen LogP contribution in [0.5, 0.6) is 0 Å². The maximum atomic E-state index is 12.9. The van der Waals surface area contributed by atoms with Crippen LogP contribution in [0.25, 0.3) is 11.3 Å². The molecule has 0 spiro atoms. The summed E-state index contributed by atoms with van der Waals surface area (Å²) in [6, 6.07) is 8.23. The molecule has 1 heterocycles. The van der Waals surface area contributed by atoms with Crippen LogP contribution in [0, 0.1) is 5.82 Å². The summed E-state index contributed by atoms with van der Waals surface area (Å²) in [6.07, 6.45) is 0. The normalized spacial score (nSPS) is 11.8. The zero-order valence-electron chi connectivity index (χ0n) is 12.4. The molecule has 2 aromatic rings. The highest BCUT2D eigenvalue weighted by Crippen LogP contribution is 2.22. The van der Waals surface area contributed by atoms with Gasteiger partial charge in [-0.1, -0.05) is 0 Å². The van der Waals surface area contributed by atoms with Crippen LogP contribution in [-0.4, -0.2) is 24.4 Å². The Morgan fingerprint density at radius 3 is 2.50 bits per heavy atom. The molecule has 0 aliphatic heterocycles. The maximum Gasteiger partial charge on any atom is 0.287 e. The lowest BCUT2D eigenvalue weighted by molar-refractivity contribution is -0.122. The van der Waals surface area contributed by atoms with E-state index in [-0.39, 0.29) is 17.5 Å². The lowest BCUT2D eigenvalue weighted by atomic mass is 10.2. The number of benzene rings is 1. The molecule has 1 atom stereocenters. The minimum absolute atomic E-state index is 0.0930. The van der Waals surface area contributed by atoms with Crippen LogP contribution in [0.1, 0.15) is 24.4 Å². The monoisotopic (exact) mass is 304 g/mol. The third-order valence-corrected chi connectivity index (χ3v) is 3.05. The molecule has 2 N–H and O–H groups in total. The zero-order chi connectivity index (χ0) is 16.1. The number of halogens is 1. The third-order valence-electron chi connectivity index (χ3n) is 3.05. The van der Waals surface area contributed by atoms with Crippen LogP contribution in [-0.2, 0) is 4.79 Å². The highest BCUT2D eigenvalue weighted by Gasteiger charge is 2.18. The molecule has 22 heavy (non-hydrogen) atoms. The highest BCUT2D eigenvalue weighted by molar-refractivity contribution is 5.95. The van der Waals surface area contributed by atoms with Crippen molar-refractivity contribution in [2.45, 2.75) is 19.9 Å². The number of nitrogens with one attached hydrogen (secondary N) is 2. The molecule has 0 aliphatic carbocycles. The average Bonchev–Trinajstić information content (AvgIpc) is 2.98. The second kappa shape index (κ2) is 6.89. The molecule has 0 fully saturated rings. The fraction of sp³-hybridized carbons (Fsp3) is 0.250. The number of hydrogen-bond donors (Lipinski definition) is 2. The molecule has 1 aromatic heterocycles. The van der Waals surface area contributed by atoms with Gasteiger partial charge >= 0.3 is 0 Å². The molecule has 0 radical (unpaired) electrons. The van der Waals surface area contributed by atoms with E-state index in [0.717, 1.165) is 0 Å². The van der Waals surface area contributed by atoms with Crippen molar-refractivity contribution in [3.63, 3.8) is 0 Å². The minimum atomic E-state index is -0.660. The quantitative estimate of drug-likeness (QED) is 0.890. The van der Waals surface area contributed by atoms with Gasteiger partial charge in [0.1, 0.15) is 17.6 Å². The van der Waals surface area contributed by atoms with Crippen LogP contribution in [0.2, 0.25) is 0 Å². The first-order chi connectivity index (χ1) is 10.5. The average molecular weight is 304 g/mol. The van der Waals surface area contributed by atoms with Gasteiger partial charge in [-0.3, -0.25) is 9.59 Å². The van der Waals surface area contributed by atoms with Crippen molar-refractivity contribution in [1.82, 2.24) is 10.6 Å². The van der Waals surface area contributed by atoms with E-state index in [4.69, 9.17) is 4.42 Å². The van der Waals surface area contributed by atoms with Crippen molar-refractivity contribution < 1.29 is 18.4 Å². The molecule has 2 rings (SSSR count). The number of furan rings is 1. The number of carbonyl (C=O) groups is 2. The van der Waals surface area contributed by atoms with Gasteiger partial charge in [0.15, 0.2) is 5.76 Å². The first kappa shape index (κ1) is 15.8. The van der Waals surface area contributed by atoms with Crippen LogP contribution >= 0.6 is 0 Å². The van der Waals surface area contributed by atoms with Gasteiger partial charge in [0.05, 0.1) is 0 Å². The number of amides is 2. The van der Waals surface area contributed by atoms with E-state index in [9.17, 15) is 14.0 Å². The van der Waals surface area contributed by atoms with E-state index >= 15 is 0 Å². The van der Waals surface area contributed by atoms with Crippen LogP contribution < -0.4 is 10.6 Å². The van der Waals surface area contributed by atoms with Crippen LogP contribution in [0.3, 0.4) is 0 Å². The summed E-state index contributed by atoms with van der Waals surface area (Å²) in [7, 11) is 0. The van der Waals surface area contributed by atoms with E-state index in [1.54, 1.807) is 32.0 Å². The highest BCUT2D eigenvalue weighted by atomic mass is 19.1. The summed E-state index contributed by atoms with van der Waals surface area (Å²) in [5.74, 6) is -0.538. The second-order valence-corrected chi connectivity index (χ2v) is 4.76. The molecule has 0 unspecified atom stereocenters. The van der Waals surface area contributed by atoms with Gasteiger partial charge in [0, 0.05) is 12.1 Å². The molecule has 5 nitrogen and oxygen atoms in total.